The number of nitrogens with one attached hydrogen (secondary N) is 1. The van der Waals surface area contributed by atoms with Crippen LogP contribution in [0.3, 0.4) is 0 Å². The molecule has 1 rings (SSSR count). The van der Waals surface area contributed by atoms with Gasteiger partial charge in [0.05, 0.1) is 5.60 Å². The summed E-state index contributed by atoms with van der Waals surface area (Å²) in [4.78, 5) is 27.2. The van der Waals surface area contributed by atoms with E-state index < -0.39 is 11.1 Å². The molecule has 1 aliphatic heterocycles. The molecule has 0 aromatic heterocycles. The second-order valence-corrected chi connectivity index (χ2v) is 6.99. The lowest BCUT2D eigenvalue weighted by molar-refractivity contribution is -0.163. The van der Waals surface area contributed by atoms with Crippen molar-refractivity contribution in [2.24, 2.45) is 0 Å². The van der Waals surface area contributed by atoms with Gasteiger partial charge in [-0.3, -0.25) is 9.59 Å². The summed E-state index contributed by atoms with van der Waals surface area (Å²) in [5.41, 5.74) is -1.90. The van der Waals surface area contributed by atoms with Crippen molar-refractivity contribution in [1.29, 1.82) is 0 Å². The SMILES string of the molecule is CCC1(CC)C(=O)NC(C)(C)C(=O)N1CCC(C)(C)OC. The van der Waals surface area contributed by atoms with Crippen LogP contribution < -0.4 is 5.32 Å². The lowest BCUT2D eigenvalue weighted by Gasteiger charge is -2.51. The lowest BCUT2D eigenvalue weighted by atomic mass is 9.82. The van der Waals surface area contributed by atoms with E-state index in [9.17, 15) is 9.59 Å². The molecule has 0 spiro atoms. The van der Waals surface area contributed by atoms with Crippen molar-refractivity contribution in [2.75, 3.05) is 13.7 Å². The highest BCUT2D eigenvalue weighted by Gasteiger charge is 2.53. The molecule has 0 aromatic rings. The van der Waals surface area contributed by atoms with E-state index in [0.717, 1.165) is 0 Å². The van der Waals surface area contributed by atoms with Crippen LogP contribution in [0.1, 0.15) is 60.8 Å². The maximum Gasteiger partial charge on any atom is 0.248 e. The zero-order chi connectivity index (χ0) is 16.5. The standard InChI is InChI=1S/C16H30N2O3/c1-8-16(9-2)12(19)17-15(5,6)13(20)18(16)11-10-14(3,4)21-7/h8-11H2,1-7H3,(H,17,19). The molecule has 0 bridgehead atoms. The van der Waals surface area contributed by atoms with Crippen LogP contribution in [0.15, 0.2) is 0 Å². The second kappa shape index (κ2) is 5.95. The monoisotopic (exact) mass is 298 g/mol. The van der Waals surface area contributed by atoms with Crippen LogP contribution in [0.2, 0.25) is 0 Å². The molecular formula is C16H30N2O3. The molecule has 1 saturated heterocycles. The van der Waals surface area contributed by atoms with Crippen LogP contribution in [0.4, 0.5) is 0 Å². The number of carbonyl (C=O) groups is 2. The Hall–Kier alpha value is -1.10. The van der Waals surface area contributed by atoms with Crippen molar-refractivity contribution < 1.29 is 14.3 Å². The molecule has 5 heteroatoms. The zero-order valence-corrected chi connectivity index (χ0v) is 14.5. The number of amides is 2. The number of nitrogens with zero attached hydrogens (tertiary/aromatic N) is 1. The third kappa shape index (κ3) is 3.23. The minimum Gasteiger partial charge on any atom is -0.379 e. The van der Waals surface area contributed by atoms with E-state index in [1.165, 1.54) is 0 Å². The first kappa shape index (κ1) is 18.0. The van der Waals surface area contributed by atoms with E-state index in [-0.39, 0.29) is 17.4 Å². The maximum absolute atomic E-state index is 12.8. The van der Waals surface area contributed by atoms with Gasteiger partial charge in [0.15, 0.2) is 0 Å². The number of hydrogen-bond donors (Lipinski definition) is 1. The van der Waals surface area contributed by atoms with E-state index in [0.29, 0.717) is 25.8 Å². The predicted octanol–water partition coefficient (Wildman–Crippen LogP) is 2.10. The van der Waals surface area contributed by atoms with Gasteiger partial charge >= 0.3 is 0 Å². The summed E-state index contributed by atoms with van der Waals surface area (Å²) >= 11 is 0. The molecule has 5 nitrogen and oxygen atoms in total. The van der Waals surface area contributed by atoms with Gasteiger partial charge in [-0.25, -0.2) is 0 Å². The Balaban J connectivity index is 3.11. The highest BCUT2D eigenvalue weighted by molar-refractivity contribution is 6.01. The van der Waals surface area contributed by atoms with Crippen molar-refractivity contribution >= 4 is 11.8 Å². The third-order valence-corrected chi connectivity index (χ3v) is 4.81. The highest BCUT2D eigenvalue weighted by atomic mass is 16.5. The highest BCUT2D eigenvalue weighted by Crippen LogP contribution is 2.33. The van der Waals surface area contributed by atoms with Crippen molar-refractivity contribution in [3.8, 4) is 0 Å². The summed E-state index contributed by atoms with van der Waals surface area (Å²) in [5, 5.41) is 2.88. The van der Waals surface area contributed by atoms with Crippen molar-refractivity contribution in [1.82, 2.24) is 10.2 Å². The van der Waals surface area contributed by atoms with Crippen LogP contribution in [0.5, 0.6) is 0 Å². The Labute approximate surface area is 128 Å². The fourth-order valence-electron chi connectivity index (χ4n) is 2.86. The van der Waals surface area contributed by atoms with E-state index >= 15 is 0 Å². The molecule has 1 heterocycles. The predicted molar refractivity (Wildman–Crippen MR) is 83.0 cm³/mol. The van der Waals surface area contributed by atoms with Gasteiger partial charge in [0.2, 0.25) is 11.8 Å². The van der Waals surface area contributed by atoms with Gasteiger partial charge in [0.25, 0.3) is 0 Å². The van der Waals surface area contributed by atoms with Gasteiger partial charge in [0.1, 0.15) is 11.1 Å². The van der Waals surface area contributed by atoms with Gasteiger partial charge in [-0.2, -0.15) is 0 Å². The Morgan fingerprint density at radius 1 is 1.19 bits per heavy atom. The number of carbonyl (C=O) groups excluding carboxylic acids is 2. The molecule has 1 N–H and O–H groups in total. The van der Waals surface area contributed by atoms with Crippen LogP contribution in [0.25, 0.3) is 0 Å². The first-order chi connectivity index (χ1) is 9.56. The Bertz CT molecular complexity index is 412. The van der Waals surface area contributed by atoms with E-state index in [1.54, 1.807) is 25.9 Å². The fourth-order valence-corrected chi connectivity index (χ4v) is 2.86. The van der Waals surface area contributed by atoms with Crippen molar-refractivity contribution in [2.45, 2.75) is 77.5 Å². The molecule has 0 aromatic carbocycles. The molecule has 122 valence electrons. The molecule has 21 heavy (non-hydrogen) atoms. The smallest absolute Gasteiger partial charge is 0.248 e. The molecule has 2 amide bonds. The Morgan fingerprint density at radius 3 is 2.14 bits per heavy atom. The molecule has 1 fully saturated rings. The molecule has 0 unspecified atom stereocenters. The molecular weight excluding hydrogens is 268 g/mol. The van der Waals surface area contributed by atoms with Crippen LogP contribution in [0, 0.1) is 0 Å². The Kier molecular flexibility index (Phi) is 5.09. The average molecular weight is 298 g/mol. The van der Waals surface area contributed by atoms with Crippen molar-refractivity contribution in [3.63, 3.8) is 0 Å². The van der Waals surface area contributed by atoms with E-state index in [4.69, 9.17) is 4.74 Å². The number of rotatable bonds is 6. The molecule has 0 radical (unpaired) electrons. The van der Waals surface area contributed by atoms with Gasteiger partial charge in [-0.15, -0.1) is 0 Å². The molecule has 1 aliphatic rings. The first-order valence-electron chi connectivity index (χ1n) is 7.76. The summed E-state index contributed by atoms with van der Waals surface area (Å²) < 4.78 is 5.44. The van der Waals surface area contributed by atoms with E-state index in [2.05, 4.69) is 5.32 Å². The summed E-state index contributed by atoms with van der Waals surface area (Å²) in [7, 11) is 1.67. The summed E-state index contributed by atoms with van der Waals surface area (Å²) in [6.07, 6.45) is 1.93. The third-order valence-electron chi connectivity index (χ3n) is 4.81. The number of piperazine rings is 1. The van der Waals surface area contributed by atoms with Crippen LogP contribution in [-0.2, 0) is 14.3 Å². The first-order valence-corrected chi connectivity index (χ1v) is 7.76. The van der Waals surface area contributed by atoms with Gasteiger partial charge in [0, 0.05) is 13.7 Å². The molecule has 0 aliphatic carbocycles. The molecule has 0 saturated carbocycles. The summed E-state index contributed by atoms with van der Waals surface area (Å²) in [5.74, 6) is -0.0648. The molecule has 0 atom stereocenters. The van der Waals surface area contributed by atoms with Gasteiger partial charge in [-0.1, -0.05) is 13.8 Å². The quantitative estimate of drug-likeness (QED) is 0.817. The number of hydrogen-bond acceptors (Lipinski definition) is 3. The normalized spacial score (nSPS) is 21.4. The zero-order valence-electron chi connectivity index (χ0n) is 14.5. The van der Waals surface area contributed by atoms with Gasteiger partial charge in [-0.05, 0) is 47.0 Å². The number of methoxy groups -OCH3 is 1. The average Bonchev–Trinajstić information content (AvgIpc) is 2.41. The van der Waals surface area contributed by atoms with Crippen molar-refractivity contribution in [3.05, 3.63) is 0 Å². The summed E-state index contributed by atoms with van der Waals surface area (Å²) in [6.45, 7) is 12.0. The largest absolute Gasteiger partial charge is 0.379 e. The minimum absolute atomic E-state index is 0.0160. The number of ether oxygens (including phenoxy) is 1. The maximum atomic E-state index is 12.8. The van der Waals surface area contributed by atoms with Crippen LogP contribution >= 0.6 is 0 Å². The fraction of sp³-hybridized carbons (Fsp3) is 0.875. The summed E-state index contributed by atoms with van der Waals surface area (Å²) in [6, 6.07) is 0. The Morgan fingerprint density at radius 2 is 1.71 bits per heavy atom. The van der Waals surface area contributed by atoms with E-state index in [1.807, 2.05) is 27.7 Å². The van der Waals surface area contributed by atoms with Crippen LogP contribution in [-0.4, -0.2) is 47.0 Å². The topological polar surface area (TPSA) is 58.6 Å². The second-order valence-electron chi connectivity index (χ2n) is 6.99. The lowest BCUT2D eigenvalue weighted by Crippen LogP contribution is -2.74. The van der Waals surface area contributed by atoms with Gasteiger partial charge < -0.3 is 15.0 Å². The minimum atomic E-state index is -0.845.